The Morgan fingerprint density at radius 2 is 2.20 bits per heavy atom. The molecule has 0 aromatic carbocycles. The number of nitrogens with one attached hydrogen (secondary N) is 1. The Labute approximate surface area is 122 Å². The van der Waals surface area contributed by atoms with Gasteiger partial charge in [0.25, 0.3) is 11.3 Å². The van der Waals surface area contributed by atoms with Crippen molar-refractivity contribution in [2.75, 3.05) is 0 Å². The lowest BCUT2D eigenvalue weighted by Crippen LogP contribution is -2.15. The molecule has 3 aromatic rings. The van der Waals surface area contributed by atoms with Gasteiger partial charge in [0.15, 0.2) is 0 Å². The van der Waals surface area contributed by atoms with E-state index >= 15 is 0 Å². The maximum absolute atomic E-state index is 11.4. The Kier molecular flexibility index (Phi) is 3.22. The predicted molar refractivity (Wildman–Crippen MR) is 73.9 cm³/mol. The molecule has 0 aliphatic rings. The van der Waals surface area contributed by atoms with Gasteiger partial charge in [-0.2, -0.15) is 14.7 Å². The van der Waals surface area contributed by atoms with E-state index in [4.69, 9.17) is 11.6 Å². The molecule has 0 aliphatic carbocycles. The van der Waals surface area contributed by atoms with Crippen LogP contribution in [0.2, 0.25) is 5.15 Å². The van der Waals surface area contributed by atoms with Crippen molar-refractivity contribution >= 4 is 29.1 Å². The van der Waals surface area contributed by atoms with Crippen LogP contribution in [0.15, 0.2) is 16.0 Å². The average molecular weight is 312 g/mol. The number of hydrogen-bond donors (Lipinski definition) is 1. The van der Waals surface area contributed by atoms with Crippen LogP contribution in [0.3, 0.4) is 0 Å². The number of aryl methyl sites for hydroxylation is 2. The van der Waals surface area contributed by atoms with E-state index in [1.54, 1.807) is 24.7 Å². The van der Waals surface area contributed by atoms with Gasteiger partial charge in [-0.15, -0.1) is 10.2 Å². The highest BCUT2D eigenvalue weighted by Crippen LogP contribution is 2.21. The first-order valence-electron chi connectivity index (χ1n) is 5.68. The summed E-state index contributed by atoms with van der Waals surface area (Å²) in [7, 11) is 1.78. The second kappa shape index (κ2) is 4.91. The molecule has 10 heteroatoms. The molecule has 0 unspecified atom stereocenters. The molecule has 0 radical (unpaired) electrons. The highest BCUT2D eigenvalue weighted by molar-refractivity contribution is 7.98. The number of aromatic nitrogens is 7. The summed E-state index contributed by atoms with van der Waals surface area (Å²) >= 11 is 7.35. The molecule has 104 valence electrons. The number of nitrogens with zero attached hydrogens (tertiary/aromatic N) is 6. The summed E-state index contributed by atoms with van der Waals surface area (Å²) in [5, 5.41) is 17.4. The third-order valence-corrected chi connectivity index (χ3v) is 3.95. The van der Waals surface area contributed by atoms with Crippen LogP contribution >= 0.6 is 23.4 Å². The molecule has 0 spiro atoms. The van der Waals surface area contributed by atoms with E-state index in [-0.39, 0.29) is 5.56 Å². The summed E-state index contributed by atoms with van der Waals surface area (Å²) in [6, 6.07) is 1.79. The van der Waals surface area contributed by atoms with Crippen molar-refractivity contribution in [1.29, 1.82) is 0 Å². The number of halogens is 1. The summed E-state index contributed by atoms with van der Waals surface area (Å²) in [5.74, 6) is 0.906. The van der Waals surface area contributed by atoms with Crippen LogP contribution in [-0.4, -0.2) is 34.6 Å². The molecule has 0 bridgehead atoms. The van der Waals surface area contributed by atoms with E-state index in [0.717, 1.165) is 5.69 Å². The number of fused-ring (bicyclic) bond motifs is 1. The Balaban J connectivity index is 1.87. The van der Waals surface area contributed by atoms with Crippen molar-refractivity contribution < 1.29 is 0 Å². The van der Waals surface area contributed by atoms with E-state index < -0.39 is 0 Å². The minimum atomic E-state index is -0.266. The highest BCUT2D eigenvalue weighted by atomic mass is 35.5. The largest absolute Gasteiger partial charge is 0.288 e. The molecule has 0 aliphatic heterocycles. The Hall–Kier alpha value is -1.87. The van der Waals surface area contributed by atoms with Gasteiger partial charge in [-0.25, -0.2) is 0 Å². The van der Waals surface area contributed by atoms with Crippen molar-refractivity contribution in [3.63, 3.8) is 0 Å². The van der Waals surface area contributed by atoms with Crippen molar-refractivity contribution in [2.45, 2.75) is 17.8 Å². The average Bonchev–Trinajstić information content (AvgIpc) is 2.92. The number of H-pyrrole nitrogens is 1. The maximum atomic E-state index is 11.4. The zero-order valence-corrected chi connectivity index (χ0v) is 12.2. The minimum absolute atomic E-state index is 0.266. The highest BCUT2D eigenvalue weighted by Gasteiger charge is 2.11. The number of aromatic amines is 1. The van der Waals surface area contributed by atoms with Crippen LogP contribution in [-0.2, 0) is 12.8 Å². The van der Waals surface area contributed by atoms with Crippen molar-refractivity contribution in [3.8, 4) is 0 Å². The van der Waals surface area contributed by atoms with E-state index in [1.807, 2.05) is 0 Å². The van der Waals surface area contributed by atoms with E-state index in [9.17, 15) is 4.79 Å². The molecule has 0 saturated carbocycles. The van der Waals surface area contributed by atoms with Gasteiger partial charge < -0.3 is 0 Å². The second-order valence-corrected chi connectivity index (χ2v) is 5.46. The van der Waals surface area contributed by atoms with Crippen molar-refractivity contribution in [1.82, 2.24) is 34.6 Å². The second-order valence-electron chi connectivity index (χ2n) is 4.13. The predicted octanol–water partition coefficient (Wildman–Crippen LogP) is 0.800. The minimum Gasteiger partial charge on any atom is -0.288 e. The van der Waals surface area contributed by atoms with E-state index in [2.05, 4.69) is 25.4 Å². The number of rotatable bonds is 3. The van der Waals surface area contributed by atoms with Crippen LogP contribution in [0.5, 0.6) is 0 Å². The first-order valence-corrected chi connectivity index (χ1v) is 7.04. The monoisotopic (exact) mass is 311 g/mol. The molecule has 8 nitrogen and oxygen atoms in total. The number of thioether (sulfide) groups is 1. The van der Waals surface area contributed by atoms with Crippen LogP contribution in [0, 0.1) is 6.92 Å². The number of hydrogen-bond acceptors (Lipinski definition) is 6. The van der Waals surface area contributed by atoms with Crippen LogP contribution in [0.25, 0.3) is 5.78 Å². The van der Waals surface area contributed by atoms with Gasteiger partial charge in [0.1, 0.15) is 10.8 Å². The summed E-state index contributed by atoms with van der Waals surface area (Å²) < 4.78 is 3.10. The van der Waals surface area contributed by atoms with Gasteiger partial charge in [0.05, 0.1) is 5.69 Å². The summed E-state index contributed by atoms with van der Waals surface area (Å²) in [4.78, 5) is 14.0. The molecule has 3 aromatic heterocycles. The van der Waals surface area contributed by atoms with Crippen LogP contribution in [0.4, 0.5) is 0 Å². The van der Waals surface area contributed by atoms with Gasteiger partial charge in [-0.3, -0.25) is 14.5 Å². The van der Waals surface area contributed by atoms with E-state index in [0.29, 0.717) is 27.5 Å². The van der Waals surface area contributed by atoms with Crippen LogP contribution in [0.1, 0.15) is 11.4 Å². The quantitative estimate of drug-likeness (QED) is 0.719. The SMILES string of the molecule is Cc1nn2c(SCc3cc(Cl)n(C)n3)nnc2[nH]c1=O. The topological polar surface area (TPSA) is 93.8 Å². The Morgan fingerprint density at radius 3 is 2.90 bits per heavy atom. The molecule has 1 N–H and O–H groups in total. The fourth-order valence-electron chi connectivity index (χ4n) is 1.62. The fraction of sp³-hybridized carbons (Fsp3) is 0.300. The molecular formula is C10H10ClN7OS. The lowest BCUT2D eigenvalue weighted by atomic mass is 10.5. The third kappa shape index (κ3) is 2.29. The Bertz CT molecular complexity index is 816. The molecule has 20 heavy (non-hydrogen) atoms. The normalized spacial score (nSPS) is 11.3. The van der Waals surface area contributed by atoms with Crippen molar-refractivity contribution in [2.24, 2.45) is 7.05 Å². The molecule has 0 saturated heterocycles. The first kappa shape index (κ1) is 13.1. The van der Waals surface area contributed by atoms with Crippen molar-refractivity contribution in [3.05, 3.63) is 33.0 Å². The van der Waals surface area contributed by atoms with Gasteiger partial charge >= 0.3 is 0 Å². The summed E-state index contributed by atoms with van der Waals surface area (Å²) in [6.07, 6.45) is 0. The third-order valence-electron chi connectivity index (χ3n) is 2.64. The Morgan fingerprint density at radius 1 is 1.40 bits per heavy atom. The molecule has 0 atom stereocenters. The zero-order valence-electron chi connectivity index (χ0n) is 10.7. The standard InChI is InChI=1S/C10H10ClN7OS/c1-5-8(19)12-9-13-14-10(18(9)15-5)20-4-6-3-7(11)17(2)16-6/h3H,4H2,1-2H3,(H,12,13,19). The lowest BCUT2D eigenvalue weighted by molar-refractivity contribution is 0.753. The zero-order chi connectivity index (χ0) is 14.3. The van der Waals surface area contributed by atoms with Gasteiger partial charge in [-0.1, -0.05) is 23.4 Å². The lowest BCUT2D eigenvalue weighted by Gasteiger charge is -1.98. The molecule has 3 heterocycles. The molecule has 0 fully saturated rings. The fourth-order valence-corrected chi connectivity index (χ4v) is 2.55. The molecule has 3 rings (SSSR count). The van der Waals surface area contributed by atoms with Gasteiger partial charge in [0.2, 0.25) is 5.16 Å². The molecule has 0 amide bonds. The maximum Gasteiger partial charge on any atom is 0.273 e. The first-order chi connectivity index (χ1) is 9.54. The van der Waals surface area contributed by atoms with Crippen LogP contribution < -0.4 is 5.56 Å². The summed E-state index contributed by atoms with van der Waals surface area (Å²) in [6.45, 7) is 1.63. The van der Waals surface area contributed by atoms with Gasteiger partial charge in [0, 0.05) is 12.8 Å². The smallest absolute Gasteiger partial charge is 0.273 e. The molecular weight excluding hydrogens is 302 g/mol. The van der Waals surface area contributed by atoms with Gasteiger partial charge in [-0.05, 0) is 13.0 Å². The summed E-state index contributed by atoms with van der Waals surface area (Å²) in [5.41, 5.74) is 0.929. The van der Waals surface area contributed by atoms with E-state index in [1.165, 1.54) is 16.3 Å².